The fraction of sp³-hybridized carbons (Fsp3) is 0.500. The summed E-state index contributed by atoms with van der Waals surface area (Å²) in [6.07, 6.45) is 5.78. The summed E-state index contributed by atoms with van der Waals surface area (Å²) in [6, 6.07) is 9.05. The quantitative estimate of drug-likeness (QED) is 0.752. The van der Waals surface area contributed by atoms with Gasteiger partial charge in [0.05, 0.1) is 6.20 Å². The third-order valence-corrected chi connectivity index (χ3v) is 3.62. The molecule has 0 saturated heterocycles. The summed E-state index contributed by atoms with van der Waals surface area (Å²) in [7, 11) is 0. The molecular formula is C18H26N2O. The second-order valence-electron chi connectivity index (χ2n) is 5.86. The van der Waals surface area contributed by atoms with Crippen LogP contribution in [-0.4, -0.2) is 17.6 Å². The largest absolute Gasteiger partial charge is 0.446 e. The van der Waals surface area contributed by atoms with Crippen molar-refractivity contribution >= 4 is 0 Å². The molecule has 0 bridgehead atoms. The van der Waals surface area contributed by atoms with Crippen molar-refractivity contribution in [2.45, 2.75) is 52.5 Å². The van der Waals surface area contributed by atoms with Crippen LogP contribution in [0, 0.1) is 6.92 Å². The predicted molar refractivity (Wildman–Crippen MR) is 86.5 cm³/mol. The monoisotopic (exact) mass is 286 g/mol. The van der Waals surface area contributed by atoms with E-state index in [-0.39, 0.29) is 0 Å². The molecule has 0 aliphatic rings. The van der Waals surface area contributed by atoms with Crippen molar-refractivity contribution in [3.8, 4) is 0 Å². The molecule has 0 aliphatic carbocycles. The van der Waals surface area contributed by atoms with Crippen molar-refractivity contribution in [1.29, 1.82) is 0 Å². The number of rotatable bonds is 8. The van der Waals surface area contributed by atoms with Gasteiger partial charge >= 0.3 is 0 Å². The van der Waals surface area contributed by atoms with Crippen LogP contribution in [0.25, 0.3) is 0 Å². The number of aryl methyl sites for hydroxylation is 4. The Bertz CT molecular complexity index is 546. The number of nitrogens with one attached hydrogen (secondary N) is 1. The van der Waals surface area contributed by atoms with Crippen LogP contribution in [0.2, 0.25) is 0 Å². The van der Waals surface area contributed by atoms with Gasteiger partial charge in [0, 0.05) is 18.9 Å². The summed E-state index contributed by atoms with van der Waals surface area (Å²) in [4.78, 5) is 4.37. The first-order chi connectivity index (χ1) is 10.1. The zero-order chi connectivity index (χ0) is 15.1. The molecule has 0 saturated carbocycles. The third kappa shape index (κ3) is 5.35. The molecule has 2 rings (SSSR count). The highest BCUT2D eigenvalue weighted by Crippen LogP contribution is 2.13. The minimum Gasteiger partial charge on any atom is -0.446 e. The van der Waals surface area contributed by atoms with Crippen LogP contribution in [-0.2, 0) is 19.3 Å². The summed E-state index contributed by atoms with van der Waals surface area (Å²) in [5.41, 5.74) is 2.73. The maximum atomic E-state index is 5.81. The highest BCUT2D eigenvalue weighted by molar-refractivity contribution is 5.26. The Balaban J connectivity index is 1.77. The molecule has 1 aromatic heterocycles. The van der Waals surface area contributed by atoms with Gasteiger partial charge in [-0.2, -0.15) is 0 Å². The van der Waals surface area contributed by atoms with E-state index in [1.807, 2.05) is 6.20 Å². The van der Waals surface area contributed by atoms with Crippen LogP contribution in [0.5, 0.6) is 0 Å². The minimum absolute atomic E-state index is 0.541. The van der Waals surface area contributed by atoms with E-state index in [1.165, 1.54) is 11.1 Å². The number of oxazole rings is 1. The molecule has 3 heteroatoms. The second-order valence-corrected chi connectivity index (χ2v) is 5.86. The van der Waals surface area contributed by atoms with Crippen LogP contribution in [0.1, 0.15) is 43.0 Å². The fourth-order valence-corrected chi connectivity index (χ4v) is 2.36. The molecule has 114 valence electrons. The van der Waals surface area contributed by atoms with Gasteiger partial charge in [-0.3, -0.25) is 0 Å². The number of nitrogens with zero attached hydrogens (tertiary/aromatic N) is 1. The molecule has 0 atom stereocenters. The van der Waals surface area contributed by atoms with Gasteiger partial charge in [0.15, 0.2) is 5.89 Å². The molecule has 0 radical (unpaired) electrons. The van der Waals surface area contributed by atoms with Gasteiger partial charge in [-0.1, -0.05) is 38.1 Å². The first-order valence-electron chi connectivity index (χ1n) is 7.86. The number of hydrogen-bond acceptors (Lipinski definition) is 3. The van der Waals surface area contributed by atoms with Gasteiger partial charge in [-0.15, -0.1) is 0 Å². The van der Waals surface area contributed by atoms with Gasteiger partial charge in [0.25, 0.3) is 0 Å². The van der Waals surface area contributed by atoms with E-state index >= 15 is 0 Å². The number of hydrogen-bond donors (Lipinski definition) is 1. The standard InChI is InChI=1S/C18H26N2O/c1-14(2)19-12-6-9-18-20-13-17(21-18)11-10-16-8-5-4-7-15(16)3/h4-5,7-8,13-14,19H,6,9-12H2,1-3H3. The van der Waals surface area contributed by atoms with Crippen LogP contribution in [0.3, 0.4) is 0 Å². The summed E-state index contributed by atoms with van der Waals surface area (Å²) in [5, 5.41) is 3.41. The fourth-order valence-electron chi connectivity index (χ4n) is 2.36. The average Bonchev–Trinajstić information content (AvgIpc) is 2.90. The summed E-state index contributed by atoms with van der Waals surface area (Å²) >= 11 is 0. The van der Waals surface area contributed by atoms with Crippen molar-refractivity contribution < 1.29 is 4.42 Å². The second kappa shape index (κ2) is 7.99. The van der Waals surface area contributed by atoms with Crippen molar-refractivity contribution in [3.63, 3.8) is 0 Å². The maximum absolute atomic E-state index is 5.81. The third-order valence-electron chi connectivity index (χ3n) is 3.62. The molecule has 2 aromatic rings. The van der Waals surface area contributed by atoms with Gasteiger partial charge in [-0.25, -0.2) is 4.98 Å². The van der Waals surface area contributed by atoms with Crippen LogP contribution in [0.15, 0.2) is 34.9 Å². The first-order valence-corrected chi connectivity index (χ1v) is 7.86. The lowest BCUT2D eigenvalue weighted by Gasteiger charge is -2.06. The zero-order valence-corrected chi connectivity index (χ0v) is 13.4. The summed E-state index contributed by atoms with van der Waals surface area (Å²) in [5.74, 6) is 1.85. The molecule has 0 spiro atoms. The van der Waals surface area contributed by atoms with Crippen LogP contribution >= 0.6 is 0 Å². The van der Waals surface area contributed by atoms with Gasteiger partial charge in [0.1, 0.15) is 5.76 Å². The average molecular weight is 286 g/mol. The van der Waals surface area contributed by atoms with E-state index in [4.69, 9.17) is 4.42 Å². The highest BCUT2D eigenvalue weighted by atomic mass is 16.4. The Morgan fingerprint density at radius 1 is 1.14 bits per heavy atom. The van der Waals surface area contributed by atoms with Crippen molar-refractivity contribution in [3.05, 3.63) is 53.2 Å². The van der Waals surface area contributed by atoms with E-state index < -0.39 is 0 Å². The van der Waals surface area contributed by atoms with Gasteiger partial charge in [-0.05, 0) is 37.4 Å². The summed E-state index contributed by atoms with van der Waals surface area (Å²) in [6.45, 7) is 7.49. The molecule has 1 heterocycles. The lowest BCUT2D eigenvalue weighted by molar-refractivity contribution is 0.442. The normalized spacial score (nSPS) is 11.2. The van der Waals surface area contributed by atoms with Crippen LogP contribution < -0.4 is 5.32 Å². The van der Waals surface area contributed by atoms with Crippen molar-refractivity contribution in [1.82, 2.24) is 10.3 Å². The molecule has 21 heavy (non-hydrogen) atoms. The predicted octanol–water partition coefficient (Wildman–Crippen LogP) is 3.70. The van der Waals surface area contributed by atoms with E-state index in [2.05, 4.69) is 55.3 Å². The molecule has 0 unspecified atom stereocenters. The van der Waals surface area contributed by atoms with Gasteiger partial charge in [0.2, 0.25) is 0 Å². The highest BCUT2D eigenvalue weighted by Gasteiger charge is 2.05. The molecular weight excluding hydrogens is 260 g/mol. The number of benzene rings is 1. The Morgan fingerprint density at radius 2 is 1.95 bits per heavy atom. The topological polar surface area (TPSA) is 38.1 Å². The lowest BCUT2D eigenvalue weighted by atomic mass is 10.0. The smallest absolute Gasteiger partial charge is 0.194 e. The Morgan fingerprint density at radius 3 is 2.71 bits per heavy atom. The van der Waals surface area contributed by atoms with Gasteiger partial charge < -0.3 is 9.73 Å². The molecule has 0 fully saturated rings. The van der Waals surface area contributed by atoms with E-state index in [9.17, 15) is 0 Å². The van der Waals surface area contributed by atoms with E-state index in [0.29, 0.717) is 6.04 Å². The van der Waals surface area contributed by atoms with Crippen LogP contribution in [0.4, 0.5) is 0 Å². The maximum Gasteiger partial charge on any atom is 0.194 e. The first kappa shape index (κ1) is 15.8. The Hall–Kier alpha value is -1.61. The van der Waals surface area contributed by atoms with E-state index in [0.717, 1.165) is 43.9 Å². The van der Waals surface area contributed by atoms with Crippen molar-refractivity contribution in [2.24, 2.45) is 0 Å². The zero-order valence-electron chi connectivity index (χ0n) is 13.4. The molecule has 0 aliphatic heterocycles. The molecule has 1 aromatic carbocycles. The Kier molecular flexibility index (Phi) is 6.00. The SMILES string of the molecule is Cc1ccccc1CCc1cnc(CCCNC(C)C)o1. The molecule has 1 N–H and O–H groups in total. The van der Waals surface area contributed by atoms with Crippen molar-refractivity contribution in [2.75, 3.05) is 6.54 Å². The Labute approximate surface area is 127 Å². The molecule has 0 amide bonds. The number of aromatic nitrogens is 1. The minimum atomic E-state index is 0.541. The lowest BCUT2D eigenvalue weighted by Crippen LogP contribution is -2.23. The summed E-state index contributed by atoms with van der Waals surface area (Å²) < 4.78 is 5.81. The molecule has 3 nitrogen and oxygen atoms in total. The van der Waals surface area contributed by atoms with E-state index in [1.54, 1.807) is 0 Å².